The van der Waals surface area contributed by atoms with Crippen molar-refractivity contribution < 1.29 is 9.63 Å². The van der Waals surface area contributed by atoms with Crippen LogP contribution in [0.15, 0.2) is 35.0 Å². The second-order valence-electron chi connectivity index (χ2n) is 3.13. The Hall–Kier alpha value is -1.61. The van der Waals surface area contributed by atoms with Crippen LogP contribution in [-0.2, 0) is 9.63 Å². The third-order valence-electron chi connectivity index (χ3n) is 2.08. The summed E-state index contributed by atoms with van der Waals surface area (Å²) in [5.74, 6) is -0.438. The van der Waals surface area contributed by atoms with E-state index >= 15 is 0 Å². The zero-order chi connectivity index (χ0) is 10.8. The molecule has 76 valence electrons. The molecule has 1 aliphatic heterocycles. The second-order valence-corrected chi connectivity index (χ2v) is 3.54. The molecule has 15 heavy (non-hydrogen) atoms. The normalized spacial score (nSPS) is 17.9. The zero-order valence-corrected chi connectivity index (χ0v) is 8.78. The molecule has 1 aromatic carbocycles. The van der Waals surface area contributed by atoms with Gasteiger partial charge in [-0.25, -0.2) is 4.79 Å². The van der Waals surface area contributed by atoms with E-state index in [1.54, 1.807) is 19.1 Å². The van der Waals surface area contributed by atoms with Gasteiger partial charge in [0.1, 0.15) is 0 Å². The van der Waals surface area contributed by atoms with Gasteiger partial charge >= 0.3 is 5.97 Å². The highest BCUT2D eigenvalue weighted by molar-refractivity contribution is 6.33. The molecule has 3 nitrogen and oxygen atoms in total. The summed E-state index contributed by atoms with van der Waals surface area (Å²) in [6.07, 6.45) is 1.68. The lowest BCUT2D eigenvalue weighted by atomic mass is 10.1. The third-order valence-corrected chi connectivity index (χ3v) is 2.42. The number of hydrogen-bond donors (Lipinski definition) is 0. The molecule has 0 saturated heterocycles. The summed E-state index contributed by atoms with van der Waals surface area (Å²) in [6.45, 7) is 1.72. The molecule has 0 saturated carbocycles. The molecule has 0 atom stereocenters. The fourth-order valence-electron chi connectivity index (χ4n) is 1.27. The van der Waals surface area contributed by atoms with E-state index in [4.69, 9.17) is 11.6 Å². The fraction of sp³-hybridized carbons (Fsp3) is 0.0909. The van der Waals surface area contributed by atoms with Gasteiger partial charge in [0.15, 0.2) is 0 Å². The van der Waals surface area contributed by atoms with Crippen molar-refractivity contribution >= 4 is 29.4 Å². The van der Waals surface area contributed by atoms with Crippen molar-refractivity contribution in [2.24, 2.45) is 5.16 Å². The van der Waals surface area contributed by atoms with Gasteiger partial charge in [-0.2, -0.15) is 0 Å². The summed E-state index contributed by atoms with van der Waals surface area (Å²) in [7, 11) is 0. The predicted molar refractivity (Wildman–Crippen MR) is 58.6 cm³/mol. The Morgan fingerprint density at radius 2 is 2.13 bits per heavy atom. The fourth-order valence-corrected chi connectivity index (χ4v) is 1.46. The van der Waals surface area contributed by atoms with Crippen molar-refractivity contribution in [2.75, 3.05) is 0 Å². The Kier molecular flexibility index (Phi) is 2.56. The summed E-state index contributed by atoms with van der Waals surface area (Å²) >= 11 is 5.96. The minimum absolute atomic E-state index is 0.438. The quantitative estimate of drug-likeness (QED) is 0.540. The Balaban J connectivity index is 2.43. The van der Waals surface area contributed by atoms with Crippen LogP contribution in [0.4, 0.5) is 0 Å². The van der Waals surface area contributed by atoms with Crippen LogP contribution in [0, 0.1) is 0 Å². The van der Waals surface area contributed by atoms with Crippen LogP contribution in [0.2, 0.25) is 5.02 Å². The molecule has 1 heterocycles. The molecule has 0 unspecified atom stereocenters. The van der Waals surface area contributed by atoms with Crippen LogP contribution < -0.4 is 0 Å². The lowest BCUT2D eigenvalue weighted by Crippen LogP contribution is -2.01. The summed E-state index contributed by atoms with van der Waals surface area (Å²) in [4.78, 5) is 15.8. The van der Waals surface area contributed by atoms with Crippen molar-refractivity contribution in [3.63, 3.8) is 0 Å². The van der Waals surface area contributed by atoms with Gasteiger partial charge in [0.2, 0.25) is 0 Å². The van der Waals surface area contributed by atoms with E-state index in [0.717, 1.165) is 5.56 Å². The van der Waals surface area contributed by atoms with Crippen molar-refractivity contribution in [1.82, 2.24) is 0 Å². The summed E-state index contributed by atoms with van der Waals surface area (Å²) in [5.41, 5.74) is 1.80. The van der Waals surface area contributed by atoms with Crippen LogP contribution in [0.25, 0.3) is 6.08 Å². The highest BCUT2D eigenvalue weighted by Crippen LogP contribution is 2.21. The largest absolute Gasteiger partial charge is 0.367 e. The maximum absolute atomic E-state index is 11.3. The Bertz CT molecular complexity index is 477. The van der Waals surface area contributed by atoms with Crippen LogP contribution in [-0.4, -0.2) is 11.7 Å². The maximum Gasteiger partial charge on any atom is 0.367 e. The van der Waals surface area contributed by atoms with Crippen molar-refractivity contribution in [3.05, 3.63) is 40.4 Å². The van der Waals surface area contributed by atoms with E-state index in [-0.39, 0.29) is 0 Å². The van der Waals surface area contributed by atoms with E-state index in [2.05, 4.69) is 9.99 Å². The molecule has 0 bridgehead atoms. The van der Waals surface area contributed by atoms with Crippen LogP contribution >= 0.6 is 11.6 Å². The van der Waals surface area contributed by atoms with Crippen LogP contribution in [0.1, 0.15) is 12.5 Å². The first-order valence-electron chi connectivity index (χ1n) is 4.41. The first-order valence-corrected chi connectivity index (χ1v) is 4.79. The molecule has 1 aromatic rings. The van der Waals surface area contributed by atoms with E-state index in [1.807, 2.05) is 18.2 Å². The summed E-state index contributed by atoms with van der Waals surface area (Å²) < 4.78 is 0. The number of nitrogens with zero attached hydrogens (tertiary/aromatic N) is 1. The number of oxime groups is 1. The highest BCUT2D eigenvalue weighted by Gasteiger charge is 2.21. The average Bonchev–Trinajstić information content (AvgIpc) is 2.53. The highest BCUT2D eigenvalue weighted by atomic mass is 35.5. The number of hydrogen-bond acceptors (Lipinski definition) is 3. The van der Waals surface area contributed by atoms with Crippen molar-refractivity contribution in [3.8, 4) is 0 Å². The van der Waals surface area contributed by atoms with Crippen molar-refractivity contribution in [1.29, 1.82) is 0 Å². The van der Waals surface area contributed by atoms with E-state index in [0.29, 0.717) is 16.3 Å². The molecule has 4 heteroatoms. The standard InChI is InChI=1S/C11H8ClNO2/c1-7-9(11(14)15-13-7)6-8-4-2-3-5-10(8)12/h2-6H,1H3/b9-6-. The molecule has 0 aliphatic carbocycles. The van der Waals surface area contributed by atoms with Gasteiger partial charge in [-0.3, -0.25) is 0 Å². The molecule has 0 aromatic heterocycles. The molecule has 0 fully saturated rings. The van der Waals surface area contributed by atoms with E-state index in [9.17, 15) is 4.79 Å². The van der Waals surface area contributed by atoms with Gasteiger partial charge in [-0.1, -0.05) is 35.0 Å². The first kappa shape index (κ1) is 9.93. The molecule has 0 spiro atoms. The van der Waals surface area contributed by atoms with Gasteiger partial charge in [-0.15, -0.1) is 0 Å². The molecule has 0 N–H and O–H groups in total. The number of carbonyl (C=O) groups excluding carboxylic acids is 1. The number of rotatable bonds is 1. The first-order chi connectivity index (χ1) is 7.18. The monoisotopic (exact) mass is 221 g/mol. The third kappa shape index (κ3) is 1.92. The van der Waals surface area contributed by atoms with Gasteiger partial charge < -0.3 is 4.84 Å². The lowest BCUT2D eigenvalue weighted by molar-refractivity contribution is -0.136. The zero-order valence-electron chi connectivity index (χ0n) is 8.03. The lowest BCUT2D eigenvalue weighted by Gasteiger charge is -1.98. The molecule has 0 radical (unpaired) electrons. The minimum atomic E-state index is -0.438. The Morgan fingerprint density at radius 1 is 1.40 bits per heavy atom. The average molecular weight is 222 g/mol. The molecular weight excluding hydrogens is 214 g/mol. The topological polar surface area (TPSA) is 38.7 Å². The number of benzene rings is 1. The summed E-state index contributed by atoms with van der Waals surface area (Å²) in [6, 6.07) is 7.28. The minimum Gasteiger partial charge on any atom is -0.312 e. The Labute approximate surface area is 92.0 Å². The molecule has 2 rings (SSSR count). The predicted octanol–water partition coefficient (Wildman–Crippen LogP) is 2.66. The molecule has 1 aliphatic rings. The van der Waals surface area contributed by atoms with Crippen LogP contribution in [0.5, 0.6) is 0 Å². The number of halogens is 1. The summed E-state index contributed by atoms with van der Waals surface area (Å²) in [5, 5.41) is 4.18. The maximum atomic E-state index is 11.3. The molecule has 0 amide bonds. The second kappa shape index (κ2) is 3.87. The SMILES string of the molecule is CC1=NOC(=O)/C1=C\c1ccccc1Cl. The van der Waals surface area contributed by atoms with Crippen molar-refractivity contribution in [2.45, 2.75) is 6.92 Å². The van der Waals surface area contributed by atoms with Gasteiger partial charge in [0, 0.05) is 5.02 Å². The Morgan fingerprint density at radius 3 is 2.73 bits per heavy atom. The van der Waals surface area contributed by atoms with Crippen LogP contribution in [0.3, 0.4) is 0 Å². The number of carbonyl (C=O) groups is 1. The molecular formula is C11H8ClNO2. The smallest absolute Gasteiger partial charge is 0.312 e. The van der Waals surface area contributed by atoms with Gasteiger partial charge in [0.25, 0.3) is 0 Å². The van der Waals surface area contributed by atoms with Gasteiger partial charge in [0.05, 0.1) is 11.3 Å². The van der Waals surface area contributed by atoms with E-state index < -0.39 is 5.97 Å². The van der Waals surface area contributed by atoms with E-state index in [1.165, 1.54) is 0 Å². The van der Waals surface area contributed by atoms with Gasteiger partial charge in [-0.05, 0) is 24.6 Å².